The van der Waals surface area contributed by atoms with E-state index in [9.17, 15) is 9.90 Å². The summed E-state index contributed by atoms with van der Waals surface area (Å²) in [6.07, 6.45) is 1.43. The zero-order valence-electron chi connectivity index (χ0n) is 10.8. The molecule has 4 heteroatoms. The van der Waals surface area contributed by atoms with Gasteiger partial charge in [0.15, 0.2) is 0 Å². The van der Waals surface area contributed by atoms with Crippen molar-refractivity contribution in [2.75, 3.05) is 0 Å². The lowest BCUT2D eigenvalue weighted by molar-refractivity contribution is -0.119. The molecule has 0 radical (unpaired) electrons. The minimum atomic E-state index is -0.0579. The molecule has 0 aliphatic carbocycles. The monoisotopic (exact) mass is 266 g/mol. The summed E-state index contributed by atoms with van der Waals surface area (Å²) < 4.78 is 0. The van der Waals surface area contributed by atoms with E-state index in [1.165, 1.54) is 5.01 Å². The Kier molecular flexibility index (Phi) is 3.21. The molecule has 1 N–H and O–H groups in total. The molecule has 0 spiro atoms. The standard InChI is InChI=1S/C16H14N2O2/c19-11-18-16(13-4-2-1-3-5-13)10-15(17-18)12-6-8-14(20)9-7-12/h1-9,11,16,20H,10H2/t16-/m1/s1. The molecule has 1 aliphatic rings. The summed E-state index contributed by atoms with van der Waals surface area (Å²) >= 11 is 0. The molecular formula is C16H14N2O2. The van der Waals surface area contributed by atoms with Crippen LogP contribution in [-0.2, 0) is 4.79 Å². The molecule has 1 heterocycles. The molecular weight excluding hydrogens is 252 g/mol. The van der Waals surface area contributed by atoms with E-state index in [-0.39, 0.29) is 11.8 Å². The number of carbonyl (C=O) groups is 1. The van der Waals surface area contributed by atoms with Crippen LogP contribution in [0, 0.1) is 0 Å². The van der Waals surface area contributed by atoms with Gasteiger partial charge in [0.25, 0.3) is 0 Å². The Morgan fingerprint density at radius 2 is 1.80 bits per heavy atom. The van der Waals surface area contributed by atoms with E-state index < -0.39 is 0 Å². The number of hydrogen-bond acceptors (Lipinski definition) is 3. The summed E-state index contributed by atoms with van der Waals surface area (Å²) in [5.41, 5.74) is 2.84. The van der Waals surface area contributed by atoms with Crippen molar-refractivity contribution in [3.05, 3.63) is 65.7 Å². The molecule has 1 aliphatic heterocycles. The summed E-state index contributed by atoms with van der Waals surface area (Å²) in [6, 6.07) is 16.7. The van der Waals surface area contributed by atoms with Crippen molar-refractivity contribution < 1.29 is 9.90 Å². The highest BCUT2D eigenvalue weighted by molar-refractivity contribution is 6.02. The highest BCUT2D eigenvalue weighted by atomic mass is 16.3. The Balaban J connectivity index is 1.89. The average Bonchev–Trinajstić information content (AvgIpc) is 2.93. The van der Waals surface area contributed by atoms with Gasteiger partial charge >= 0.3 is 0 Å². The van der Waals surface area contributed by atoms with Gasteiger partial charge in [-0.3, -0.25) is 4.79 Å². The van der Waals surface area contributed by atoms with E-state index in [0.29, 0.717) is 6.42 Å². The van der Waals surface area contributed by atoms with E-state index in [4.69, 9.17) is 0 Å². The van der Waals surface area contributed by atoms with Crippen molar-refractivity contribution in [1.29, 1.82) is 0 Å². The normalized spacial score (nSPS) is 17.9. The lowest BCUT2D eigenvalue weighted by atomic mass is 9.99. The average molecular weight is 266 g/mol. The van der Waals surface area contributed by atoms with Gasteiger partial charge in [0, 0.05) is 6.42 Å². The zero-order valence-corrected chi connectivity index (χ0v) is 10.8. The Morgan fingerprint density at radius 1 is 1.10 bits per heavy atom. The van der Waals surface area contributed by atoms with Gasteiger partial charge in [-0.1, -0.05) is 30.3 Å². The van der Waals surface area contributed by atoms with Crippen LogP contribution in [0.4, 0.5) is 0 Å². The van der Waals surface area contributed by atoms with E-state index >= 15 is 0 Å². The predicted octanol–water partition coefficient (Wildman–Crippen LogP) is 2.70. The number of rotatable bonds is 3. The van der Waals surface area contributed by atoms with Crippen molar-refractivity contribution in [2.24, 2.45) is 5.10 Å². The van der Waals surface area contributed by atoms with Gasteiger partial charge in [0.1, 0.15) is 5.75 Å². The molecule has 2 aromatic rings. The molecule has 0 fully saturated rings. The Hall–Kier alpha value is -2.62. The number of hydrazone groups is 1. The van der Waals surface area contributed by atoms with Crippen molar-refractivity contribution >= 4 is 12.1 Å². The second-order valence-corrected chi connectivity index (χ2v) is 4.71. The minimum Gasteiger partial charge on any atom is -0.508 e. The Labute approximate surface area is 117 Å². The van der Waals surface area contributed by atoms with E-state index in [2.05, 4.69) is 5.10 Å². The fourth-order valence-electron chi connectivity index (χ4n) is 2.40. The van der Waals surface area contributed by atoms with Crippen LogP contribution in [0.1, 0.15) is 23.6 Å². The summed E-state index contributed by atoms with van der Waals surface area (Å²) in [5, 5.41) is 15.1. The number of carbonyl (C=O) groups excluding carboxylic acids is 1. The molecule has 1 amide bonds. The number of aromatic hydroxyl groups is 1. The van der Waals surface area contributed by atoms with Crippen LogP contribution < -0.4 is 0 Å². The number of nitrogens with zero attached hydrogens (tertiary/aromatic N) is 2. The molecule has 0 saturated carbocycles. The maximum absolute atomic E-state index is 11.2. The smallest absolute Gasteiger partial charge is 0.230 e. The van der Waals surface area contributed by atoms with E-state index in [1.54, 1.807) is 12.1 Å². The summed E-state index contributed by atoms with van der Waals surface area (Å²) in [7, 11) is 0. The molecule has 1 atom stereocenters. The van der Waals surface area contributed by atoms with Gasteiger partial charge in [-0.05, 0) is 35.4 Å². The molecule has 20 heavy (non-hydrogen) atoms. The van der Waals surface area contributed by atoms with Crippen LogP contribution >= 0.6 is 0 Å². The number of phenols is 1. The van der Waals surface area contributed by atoms with Crippen LogP contribution in [0.25, 0.3) is 0 Å². The quantitative estimate of drug-likeness (QED) is 0.868. The summed E-state index contributed by atoms with van der Waals surface area (Å²) in [5.74, 6) is 0.221. The first-order valence-corrected chi connectivity index (χ1v) is 6.43. The first-order chi connectivity index (χ1) is 9.78. The predicted molar refractivity (Wildman–Crippen MR) is 76.3 cm³/mol. The third kappa shape index (κ3) is 2.28. The van der Waals surface area contributed by atoms with E-state index in [1.807, 2.05) is 42.5 Å². The van der Waals surface area contributed by atoms with Crippen molar-refractivity contribution in [1.82, 2.24) is 5.01 Å². The number of benzene rings is 2. The summed E-state index contributed by atoms with van der Waals surface area (Å²) in [4.78, 5) is 11.2. The van der Waals surface area contributed by atoms with Crippen LogP contribution in [-0.4, -0.2) is 22.2 Å². The second kappa shape index (κ2) is 5.17. The van der Waals surface area contributed by atoms with Gasteiger partial charge in [-0.15, -0.1) is 0 Å². The van der Waals surface area contributed by atoms with Gasteiger partial charge in [-0.25, -0.2) is 5.01 Å². The third-order valence-electron chi connectivity index (χ3n) is 3.44. The number of phenolic OH excluding ortho intramolecular Hbond substituents is 1. The van der Waals surface area contributed by atoms with Crippen LogP contribution in [0.15, 0.2) is 59.7 Å². The summed E-state index contributed by atoms with van der Waals surface area (Å²) in [6.45, 7) is 0. The molecule has 0 saturated heterocycles. The maximum atomic E-state index is 11.2. The number of hydrogen-bond donors (Lipinski definition) is 1. The zero-order chi connectivity index (χ0) is 13.9. The Morgan fingerprint density at radius 3 is 2.45 bits per heavy atom. The molecule has 0 unspecified atom stereocenters. The molecule has 0 bridgehead atoms. The molecule has 0 aromatic heterocycles. The SMILES string of the molecule is O=CN1N=C(c2ccc(O)cc2)C[C@@H]1c1ccccc1. The maximum Gasteiger partial charge on any atom is 0.230 e. The van der Waals surface area contributed by atoms with Gasteiger partial charge in [0.2, 0.25) is 6.41 Å². The highest BCUT2D eigenvalue weighted by Gasteiger charge is 2.28. The lowest BCUT2D eigenvalue weighted by Crippen LogP contribution is -2.17. The lowest BCUT2D eigenvalue weighted by Gasteiger charge is -2.16. The van der Waals surface area contributed by atoms with Gasteiger partial charge in [0.05, 0.1) is 11.8 Å². The largest absolute Gasteiger partial charge is 0.508 e. The van der Waals surface area contributed by atoms with Gasteiger partial charge < -0.3 is 5.11 Å². The van der Waals surface area contributed by atoms with Crippen LogP contribution in [0.3, 0.4) is 0 Å². The van der Waals surface area contributed by atoms with Crippen molar-refractivity contribution in [2.45, 2.75) is 12.5 Å². The topological polar surface area (TPSA) is 52.9 Å². The fraction of sp³-hybridized carbons (Fsp3) is 0.125. The van der Waals surface area contributed by atoms with Crippen molar-refractivity contribution in [3.8, 4) is 5.75 Å². The third-order valence-corrected chi connectivity index (χ3v) is 3.44. The first-order valence-electron chi connectivity index (χ1n) is 6.43. The molecule has 3 rings (SSSR count). The Bertz CT molecular complexity index is 635. The van der Waals surface area contributed by atoms with E-state index in [0.717, 1.165) is 23.2 Å². The first kappa shape index (κ1) is 12.4. The molecule has 2 aromatic carbocycles. The fourth-order valence-corrected chi connectivity index (χ4v) is 2.40. The molecule has 100 valence electrons. The molecule has 4 nitrogen and oxygen atoms in total. The minimum absolute atomic E-state index is 0.0579. The van der Waals surface area contributed by atoms with Crippen LogP contribution in [0.2, 0.25) is 0 Å². The van der Waals surface area contributed by atoms with Crippen LogP contribution in [0.5, 0.6) is 5.75 Å². The van der Waals surface area contributed by atoms with Gasteiger partial charge in [-0.2, -0.15) is 5.10 Å². The number of amides is 1. The van der Waals surface area contributed by atoms with Crippen molar-refractivity contribution in [3.63, 3.8) is 0 Å². The second-order valence-electron chi connectivity index (χ2n) is 4.71. The highest BCUT2D eigenvalue weighted by Crippen LogP contribution is 2.31.